The molecule has 1 saturated carbocycles. The topological polar surface area (TPSA) is 62.4 Å². The quantitative estimate of drug-likeness (QED) is 0.920. The SMILES string of the molecule is CN(Cc1noc(-c2ccccc2)n1)CC1CCCCC1O. The molecule has 1 aromatic carbocycles. The molecule has 0 aliphatic heterocycles. The van der Waals surface area contributed by atoms with Crippen LogP contribution in [0.2, 0.25) is 0 Å². The molecule has 1 heterocycles. The Balaban J connectivity index is 1.58. The van der Waals surface area contributed by atoms with Crippen LogP contribution in [0.25, 0.3) is 11.5 Å². The number of rotatable bonds is 5. The Hall–Kier alpha value is -1.72. The number of hydrogen-bond acceptors (Lipinski definition) is 5. The molecule has 3 rings (SSSR count). The number of aliphatic hydroxyl groups is 1. The molecule has 0 amide bonds. The van der Waals surface area contributed by atoms with Gasteiger partial charge >= 0.3 is 0 Å². The second-order valence-corrected chi connectivity index (χ2v) is 6.19. The first-order valence-corrected chi connectivity index (χ1v) is 7.97. The molecule has 2 aromatic rings. The molecule has 1 fully saturated rings. The summed E-state index contributed by atoms with van der Waals surface area (Å²) in [6.07, 6.45) is 4.23. The molecule has 0 bridgehead atoms. The highest BCUT2D eigenvalue weighted by Gasteiger charge is 2.24. The second-order valence-electron chi connectivity index (χ2n) is 6.19. The Kier molecular flexibility index (Phi) is 4.85. The van der Waals surface area contributed by atoms with Crippen LogP contribution in [0.4, 0.5) is 0 Å². The van der Waals surface area contributed by atoms with Gasteiger partial charge in [0, 0.05) is 12.1 Å². The second kappa shape index (κ2) is 7.03. The summed E-state index contributed by atoms with van der Waals surface area (Å²) < 4.78 is 5.33. The van der Waals surface area contributed by atoms with Gasteiger partial charge in [-0.25, -0.2) is 0 Å². The minimum atomic E-state index is -0.165. The van der Waals surface area contributed by atoms with E-state index < -0.39 is 0 Å². The van der Waals surface area contributed by atoms with E-state index in [0.717, 1.165) is 31.4 Å². The van der Waals surface area contributed by atoms with Crippen molar-refractivity contribution >= 4 is 0 Å². The van der Waals surface area contributed by atoms with Gasteiger partial charge in [0.15, 0.2) is 5.82 Å². The van der Waals surface area contributed by atoms with Crippen molar-refractivity contribution < 1.29 is 9.63 Å². The van der Waals surface area contributed by atoms with E-state index in [1.807, 2.05) is 37.4 Å². The van der Waals surface area contributed by atoms with Crippen LogP contribution < -0.4 is 0 Å². The van der Waals surface area contributed by atoms with E-state index in [4.69, 9.17) is 4.52 Å². The molecule has 5 heteroatoms. The fourth-order valence-corrected chi connectivity index (χ4v) is 3.12. The Morgan fingerprint density at radius 2 is 2.00 bits per heavy atom. The summed E-state index contributed by atoms with van der Waals surface area (Å²) in [4.78, 5) is 6.62. The maximum Gasteiger partial charge on any atom is 0.257 e. The molecule has 2 atom stereocenters. The van der Waals surface area contributed by atoms with Gasteiger partial charge in [0.05, 0.1) is 12.6 Å². The standard InChI is InChI=1S/C17H23N3O2/c1-20(11-14-9-5-6-10-15(14)21)12-16-18-17(22-19-16)13-7-3-2-4-8-13/h2-4,7-8,14-15,21H,5-6,9-12H2,1H3. The number of aromatic nitrogens is 2. The molecule has 1 aliphatic rings. The predicted molar refractivity (Wildman–Crippen MR) is 84.0 cm³/mol. The van der Waals surface area contributed by atoms with E-state index in [0.29, 0.717) is 24.2 Å². The summed E-state index contributed by atoms with van der Waals surface area (Å²) >= 11 is 0. The van der Waals surface area contributed by atoms with Crippen molar-refractivity contribution in [3.8, 4) is 11.5 Å². The van der Waals surface area contributed by atoms with Gasteiger partial charge in [0.2, 0.25) is 0 Å². The molecule has 0 saturated heterocycles. The van der Waals surface area contributed by atoms with Crippen molar-refractivity contribution in [3.05, 3.63) is 36.2 Å². The molecule has 1 N–H and O–H groups in total. The van der Waals surface area contributed by atoms with E-state index in [-0.39, 0.29) is 6.10 Å². The highest BCUT2D eigenvalue weighted by Crippen LogP contribution is 2.25. The maximum atomic E-state index is 10.1. The zero-order valence-corrected chi connectivity index (χ0v) is 13.0. The molecule has 0 spiro atoms. The van der Waals surface area contributed by atoms with Gasteiger partial charge in [0.1, 0.15) is 0 Å². The van der Waals surface area contributed by atoms with Gasteiger partial charge in [-0.3, -0.25) is 4.90 Å². The highest BCUT2D eigenvalue weighted by molar-refractivity contribution is 5.51. The van der Waals surface area contributed by atoms with Crippen LogP contribution in [0, 0.1) is 5.92 Å². The molecule has 22 heavy (non-hydrogen) atoms. The van der Waals surface area contributed by atoms with E-state index in [1.54, 1.807) is 0 Å². The fraction of sp³-hybridized carbons (Fsp3) is 0.529. The molecule has 118 valence electrons. The van der Waals surface area contributed by atoms with Gasteiger partial charge in [-0.1, -0.05) is 36.2 Å². The zero-order chi connectivity index (χ0) is 15.4. The average molecular weight is 301 g/mol. The molecule has 0 radical (unpaired) electrons. The number of aliphatic hydroxyl groups excluding tert-OH is 1. The lowest BCUT2D eigenvalue weighted by molar-refractivity contribution is 0.0496. The number of benzene rings is 1. The number of hydrogen-bond donors (Lipinski definition) is 1. The maximum absolute atomic E-state index is 10.1. The molecular weight excluding hydrogens is 278 g/mol. The fourth-order valence-electron chi connectivity index (χ4n) is 3.12. The summed E-state index contributed by atoms with van der Waals surface area (Å²) in [6, 6.07) is 9.79. The van der Waals surface area contributed by atoms with Gasteiger partial charge in [-0.2, -0.15) is 4.98 Å². The van der Waals surface area contributed by atoms with E-state index >= 15 is 0 Å². The molecule has 2 unspecified atom stereocenters. The normalized spacial score (nSPS) is 22.1. The lowest BCUT2D eigenvalue weighted by atomic mass is 9.86. The Morgan fingerprint density at radius 3 is 2.77 bits per heavy atom. The van der Waals surface area contributed by atoms with Crippen LogP contribution in [-0.2, 0) is 6.54 Å². The largest absolute Gasteiger partial charge is 0.393 e. The van der Waals surface area contributed by atoms with Crippen LogP contribution in [0.3, 0.4) is 0 Å². The van der Waals surface area contributed by atoms with Crippen molar-refractivity contribution in [1.29, 1.82) is 0 Å². The summed E-state index contributed by atoms with van der Waals surface area (Å²) in [5.41, 5.74) is 0.937. The van der Waals surface area contributed by atoms with Crippen LogP contribution in [-0.4, -0.2) is 39.8 Å². The third kappa shape index (κ3) is 3.72. The Bertz CT molecular complexity index is 585. The van der Waals surface area contributed by atoms with Crippen molar-refractivity contribution in [2.24, 2.45) is 5.92 Å². The van der Waals surface area contributed by atoms with Crippen molar-refractivity contribution in [3.63, 3.8) is 0 Å². The molecule has 1 aliphatic carbocycles. The summed E-state index contributed by atoms with van der Waals surface area (Å²) in [6.45, 7) is 1.51. The first-order valence-electron chi connectivity index (χ1n) is 7.97. The van der Waals surface area contributed by atoms with Gasteiger partial charge in [0.25, 0.3) is 5.89 Å². The predicted octanol–water partition coefficient (Wildman–Crippen LogP) is 2.72. The number of nitrogens with zero attached hydrogens (tertiary/aromatic N) is 3. The lowest BCUT2D eigenvalue weighted by Crippen LogP contribution is -2.34. The van der Waals surface area contributed by atoms with Crippen molar-refractivity contribution in [1.82, 2.24) is 15.0 Å². The Morgan fingerprint density at radius 1 is 1.23 bits per heavy atom. The average Bonchev–Trinajstić information content (AvgIpc) is 2.99. The Labute approximate surface area is 131 Å². The van der Waals surface area contributed by atoms with E-state index in [1.165, 1.54) is 6.42 Å². The van der Waals surface area contributed by atoms with Crippen LogP contribution in [0.5, 0.6) is 0 Å². The van der Waals surface area contributed by atoms with E-state index in [2.05, 4.69) is 15.0 Å². The van der Waals surface area contributed by atoms with Crippen LogP contribution in [0.1, 0.15) is 31.5 Å². The highest BCUT2D eigenvalue weighted by atomic mass is 16.5. The zero-order valence-electron chi connectivity index (χ0n) is 13.0. The van der Waals surface area contributed by atoms with Gasteiger partial charge in [-0.15, -0.1) is 0 Å². The summed E-state index contributed by atoms with van der Waals surface area (Å²) in [5.74, 6) is 1.60. The smallest absolute Gasteiger partial charge is 0.257 e. The van der Waals surface area contributed by atoms with Gasteiger partial charge < -0.3 is 9.63 Å². The third-order valence-electron chi connectivity index (χ3n) is 4.32. The van der Waals surface area contributed by atoms with Crippen molar-refractivity contribution in [2.45, 2.75) is 38.3 Å². The van der Waals surface area contributed by atoms with Gasteiger partial charge in [-0.05, 0) is 37.9 Å². The first-order chi connectivity index (χ1) is 10.7. The monoisotopic (exact) mass is 301 g/mol. The first kappa shape index (κ1) is 15.2. The van der Waals surface area contributed by atoms with Crippen molar-refractivity contribution in [2.75, 3.05) is 13.6 Å². The molecular formula is C17H23N3O2. The molecule has 1 aromatic heterocycles. The van der Waals surface area contributed by atoms with Crippen LogP contribution >= 0.6 is 0 Å². The minimum Gasteiger partial charge on any atom is -0.393 e. The summed E-state index contributed by atoms with van der Waals surface area (Å²) in [5, 5.41) is 14.1. The van der Waals surface area contributed by atoms with Crippen LogP contribution in [0.15, 0.2) is 34.9 Å². The summed E-state index contributed by atoms with van der Waals surface area (Å²) in [7, 11) is 2.04. The minimum absolute atomic E-state index is 0.165. The van der Waals surface area contributed by atoms with E-state index in [9.17, 15) is 5.11 Å². The lowest BCUT2D eigenvalue weighted by Gasteiger charge is -2.30. The third-order valence-corrected chi connectivity index (χ3v) is 4.32. The molecule has 5 nitrogen and oxygen atoms in total.